The second kappa shape index (κ2) is 7.93. The lowest BCUT2D eigenvalue weighted by molar-refractivity contribution is -0.208. The van der Waals surface area contributed by atoms with E-state index >= 15 is 0 Å². The smallest absolute Gasteiger partial charge is 0.0904 e. The minimum atomic E-state index is -0.554. The summed E-state index contributed by atoms with van der Waals surface area (Å²) in [7, 11) is 0. The van der Waals surface area contributed by atoms with Crippen LogP contribution in [0.5, 0.6) is 0 Å². The second-order valence-electron chi connectivity index (χ2n) is 13.6. The average Bonchev–Trinajstić information content (AvgIpc) is 3.44. The van der Waals surface area contributed by atoms with Crippen LogP contribution < -0.4 is 0 Å². The molecule has 1 saturated heterocycles. The van der Waals surface area contributed by atoms with Gasteiger partial charge in [0, 0.05) is 10.8 Å². The topological polar surface area (TPSA) is 73.2 Å². The van der Waals surface area contributed by atoms with Crippen LogP contribution >= 0.6 is 0 Å². The predicted octanol–water partition coefficient (Wildman–Crippen LogP) is 4.64. The maximum Gasteiger partial charge on any atom is 0.0904 e. The second-order valence-corrected chi connectivity index (χ2v) is 13.6. The van der Waals surface area contributed by atoms with Gasteiger partial charge < -0.3 is 20.1 Å². The van der Waals surface area contributed by atoms with Crippen LogP contribution in [0.25, 0.3) is 0 Å². The molecule has 0 bridgehead atoms. The van der Waals surface area contributed by atoms with E-state index in [-0.39, 0.29) is 22.9 Å². The van der Waals surface area contributed by atoms with Crippen molar-refractivity contribution in [1.29, 1.82) is 0 Å². The van der Waals surface area contributed by atoms with E-state index in [4.69, 9.17) is 4.74 Å². The van der Waals surface area contributed by atoms with E-state index in [1.54, 1.807) is 0 Å². The van der Waals surface area contributed by atoms with E-state index in [1.165, 1.54) is 25.7 Å². The first-order valence-electron chi connectivity index (χ1n) is 13.7. The van der Waals surface area contributed by atoms with E-state index < -0.39 is 18.3 Å². The van der Waals surface area contributed by atoms with Gasteiger partial charge in [-0.15, -0.1) is 0 Å². The Bertz CT molecular complexity index is 710. The molecule has 4 nitrogen and oxygen atoms in total. The fourth-order valence-corrected chi connectivity index (χ4v) is 9.71. The van der Waals surface area contributed by atoms with Crippen LogP contribution in [0.2, 0.25) is 0 Å². The first-order valence-corrected chi connectivity index (χ1v) is 13.7. The largest absolute Gasteiger partial charge is 0.393 e. The first-order chi connectivity index (χ1) is 15.0. The Labute approximate surface area is 195 Å². The van der Waals surface area contributed by atoms with Gasteiger partial charge in [-0.3, -0.25) is 0 Å². The quantitative estimate of drug-likeness (QED) is 0.536. The number of epoxide rings is 1. The number of hydrogen-bond donors (Lipinski definition) is 3. The number of ether oxygens (including phenoxy) is 1. The highest BCUT2D eigenvalue weighted by molar-refractivity contribution is 5.22. The van der Waals surface area contributed by atoms with Crippen LogP contribution in [0, 0.1) is 58.2 Å². The molecule has 0 aromatic rings. The normalized spacial score (nSPS) is 56.1. The average molecular weight is 449 g/mol. The summed E-state index contributed by atoms with van der Waals surface area (Å²) in [4.78, 5) is 0. The summed E-state index contributed by atoms with van der Waals surface area (Å²) >= 11 is 0. The van der Waals surface area contributed by atoms with Gasteiger partial charge in [0.2, 0.25) is 0 Å². The molecule has 5 aliphatic rings. The van der Waals surface area contributed by atoms with Crippen LogP contribution in [0.3, 0.4) is 0 Å². The molecule has 14 atom stereocenters. The zero-order chi connectivity index (χ0) is 23.2. The van der Waals surface area contributed by atoms with Crippen LogP contribution in [0.1, 0.15) is 86.5 Å². The van der Waals surface area contributed by atoms with Crippen LogP contribution in [-0.4, -0.2) is 45.8 Å². The predicted molar refractivity (Wildman–Crippen MR) is 126 cm³/mol. The fraction of sp³-hybridized carbons (Fsp3) is 1.00. The van der Waals surface area contributed by atoms with Crippen molar-refractivity contribution in [2.24, 2.45) is 58.2 Å². The van der Waals surface area contributed by atoms with Gasteiger partial charge in [0.05, 0.1) is 30.5 Å². The lowest BCUT2D eigenvalue weighted by Gasteiger charge is -2.62. The Morgan fingerprint density at radius 3 is 2.28 bits per heavy atom. The summed E-state index contributed by atoms with van der Waals surface area (Å²) in [6.07, 6.45) is 6.09. The Balaban J connectivity index is 1.40. The third-order valence-corrected chi connectivity index (χ3v) is 12.0. The van der Waals surface area contributed by atoms with E-state index in [0.29, 0.717) is 48.5 Å². The maximum atomic E-state index is 11.3. The molecule has 0 aromatic carbocycles. The molecule has 4 saturated carbocycles. The van der Waals surface area contributed by atoms with Gasteiger partial charge in [0.1, 0.15) is 0 Å². The lowest BCUT2D eigenvalue weighted by atomic mass is 9.43. The number of aliphatic hydroxyl groups is 3. The number of rotatable bonds is 5. The molecule has 184 valence electrons. The van der Waals surface area contributed by atoms with E-state index in [9.17, 15) is 15.3 Å². The van der Waals surface area contributed by atoms with Crippen molar-refractivity contribution in [3.05, 3.63) is 0 Å². The van der Waals surface area contributed by atoms with Crippen LogP contribution in [0.4, 0.5) is 0 Å². The molecule has 4 heteroatoms. The van der Waals surface area contributed by atoms with Crippen molar-refractivity contribution in [3.63, 3.8) is 0 Å². The maximum absolute atomic E-state index is 11.3. The molecular formula is C28H48O4. The Hall–Kier alpha value is -0.160. The molecule has 5 fully saturated rings. The highest BCUT2D eigenvalue weighted by atomic mass is 16.6. The van der Waals surface area contributed by atoms with Crippen LogP contribution in [-0.2, 0) is 4.74 Å². The summed E-state index contributed by atoms with van der Waals surface area (Å²) < 4.78 is 6.58. The third-order valence-electron chi connectivity index (χ3n) is 12.0. The zero-order valence-electron chi connectivity index (χ0n) is 21.2. The van der Waals surface area contributed by atoms with Gasteiger partial charge in [-0.25, -0.2) is 0 Å². The molecule has 0 spiro atoms. The molecule has 3 N–H and O–H groups in total. The summed E-state index contributed by atoms with van der Waals surface area (Å²) in [5.41, 5.74) is -0.146. The summed E-state index contributed by atoms with van der Waals surface area (Å²) in [5.74, 6) is 4.23. The first kappa shape index (κ1) is 23.6. The SMILES string of the molecule is CC(C)C(C)CCC(C)C1CCC2C3CC(O)C4CC(O)CC(O)C4(C)C3C3OC3C12C. The van der Waals surface area contributed by atoms with Gasteiger partial charge in [-0.05, 0) is 79.4 Å². The Kier molecular flexibility index (Phi) is 5.84. The van der Waals surface area contributed by atoms with Gasteiger partial charge in [-0.2, -0.15) is 0 Å². The monoisotopic (exact) mass is 448 g/mol. The number of aliphatic hydroxyl groups excluding tert-OH is 3. The Morgan fingerprint density at radius 1 is 0.875 bits per heavy atom. The number of hydrogen-bond acceptors (Lipinski definition) is 4. The van der Waals surface area contributed by atoms with Gasteiger partial charge in [0.25, 0.3) is 0 Å². The third kappa shape index (κ3) is 3.22. The molecule has 4 aliphatic carbocycles. The van der Waals surface area contributed by atoms with E-state index in [2.05, 4.69) is 41.5 Å². The highest BCUT2D eigenvalue weighted by Gasteiger charge is 2.75. The van der Waals surface area contributed by atoms with Gasteiger partial charge >= 0.3 is 0 Å². The fourth-order valence-electron chi connectivity index (χ4n) is 9.71. The minimum absolute atomic E-state index is 0.0228. The van der Waals surface area contributed by atoms with Crippen molar-refractivity contribution in [2.45, 2.75) is 117 Å². The van der Waals surface area contributed by atoms with Crippen molar-refractivity contribution in [2.75, 3.05) is 0 Å². The summed E-state index contributed by atoms with van der Waals surface area (Å²) in [6, 6.07) is 0. The molecule has 0 radical (unpaired) electrons. The van der Waals surface area contributed by atoms with E-state index in [1.807, 2.05) is 0 Å². The molecule has 1 heterocycles. The lowest BCUT2D eigenvalue weighted by Crippen LogP contribution is -2.65. The molecule has 1 aliphatic heterocycles. The minimum Gasteiger partial charge on any atom is -0.393 e. The highest BCUT2D eigenvalue weighted by Crippen LogP contribution is 2.73. The molecular weight excluding hydrogens is 400 g/mol. The standard InChI is InChI=1S/C28H48O4/c1-14(2)15(3)7-8-16(4)19-9-10-20-18-13-22(30)21-11-17(29)12-23(31)28(21,6)24(18)25-26(32-25)27(19,20)5/h14-26,29-31H,7-13H2,1-6H3. The summed E-state index contributed by atoms with van der Waals surface area (Å²) in [5, 5.41) is 32.8. The Morgan fingerprint density at radius 2 is 1.59 bits per heavy atom. The molecule has 5 rings (SSSR count). The van der Waals surface area contributed by atoms with Crippen molar-refractivity contribution >= 4 is 0 Å². The number of fused-ring (bicyclic) bond motifs is 8. The summed E-state index contributed by atoms with van der Waals surface area (Å²) in [6.45, 7) is 14.3. The van der Waals surface area contributed by atoms with Gasteiger partial charge in [0.15, 0.2) is 0 Å². The van der Waals surface area contributed by atoms with Gasteiger partial charge in [-0.1, -0.05) is 54.4 Å². The van der Waals surface area contributed by atoms with Crippen LogP contribution in [0.15, 0.2) is 0 Å². The van der Waals surface area contributed by atoms with Crippen molar-refractivity contribution < 1.29 is 20.1 Å². The van der Waals surface area contributed by atoms with Crippen molar-refractivity contribution in [1.82, 2.24) is 0 Å². The molecule has 0 aromatic heterocycles. The molecule has 32 heavy (non-hydrogen) atoms. The molecule has 14 unspecified atom stereocenters. The van der Waals surface area contributed by atoms with E-state index in [0.717, 1.165) is 18.3 Å². The van der Waals surface area contributed by atoms with Crippen molar-refractivity contribution in [3.8, 4) is 0 Å². The zero-order valence-corrected chi connectivity index (χ0v) is 21.2. The molecule has 0 amide bonds.